The van der Waals surface area contributed by atoms with Crippen LogP contribution in [0.4, 0.5) is 0 Å². The van der Waals surface area contributed by atoms with Crippen molar-refractivity contribution >= 4 is 29.3 Å². The van der Waals surface area contributed by atoms with E-state index in [1.54, 1.807) is 32.0 Å². The Labute approximate surface area is 164 Å². The van der Waals surface area contributed by atoms with Crippen molar-refractivity contribution in [3.63, 3.8) is 0 Å². The summed E-state index contributed by atoms with van der Waals surface area (Å²) in [5.41, 5.74) is 2.08. The van der Waals surface area contributed by atoms with Gasteiger partial charge in [0.05, 0.1) is 5.57 Å². The molecule has 0 saturated carbocycles. The van der Waals surface area contributed by atoms with Gasteiger partial charge in [-0.25, -0.2) is 4.79 Å². The minimum Gasteiger partial charge on any atom is -0.461 e. The normalized spacial score (nSPS) is 19.1. The lowest BCUT2D eigenvalue weighted by Crippen LogP contribution is -2.36. The second kappa shape index (κ2) is 9.33. The Kier molecular flexibility index (Phi) is 7.13. The topological polar surface area (TPSA) is 65.0 Å². The summed E-state index contributed by atoms with van der Waals surface area (Å²) in [5, 5.41) is 0.502. The van der Waals surface area contributed by atoms with Crippen molar-refractivity contribution in [1.82, 2.24) is 0 Å². The number of halogens is 1. The van der Waals surface area contributed by atoms with Gasteiger partial charge in [-0.15, -0.1) is 0 Å². The zero-order valence-corrected chi connectivity index (χ0v) is 16.2. The highest BCUT2D eigenvalue weighted by Gasteiger charge is 2.42. The summed E-state index contributed by atoms with van der Waals surface area (Å²) >= 11 is 6.15. The van der Waals surface area contributed by atoms with Gasteiger partial charge in [0.15, 0.2) is 0 Å². The Morgan fingerprint density at radius 2 is 1.85 bits per heavy atom. The second-order valence-electron chi connectivity index (χ2n) is 6.07. The zero-order chi connectivity index (χ0) is 20.0. The molecule has 0 radical (unpaired) electrons. The van der Waals surface area contributed by atoms with Crippen LogP contribution in [-0.2, 0) is 19.1 Å². The van der Waals surface area contributed by atoms with E-state index in [4.69, 9.17) is 21.1 Å². The molecule has 2 atom stereocenters. The SMILES string of the molecule is C=CCOC(=O)C1=C(C)N=C(C)C(C(=O)OCC=C)[C@@H]1c1cccc(Cl)c1. The Hall–Kier alpha value is -2.66. The van der Waals surface area contributed by atoms with Crippen LogP contribution in [0.1, 0.15) is 25.3 Å². The number of benzene rings is 1. The Balaban J connectivity index is 2.58. The molecular weight excluding hydrogens is 366 g/mol. The number of hydrogen-bond acceptors (Lipinski definition) is 5. The maximum absolute atomic E-state index is 12.8. The standard InChI is InChI=1S/C21H22ClNO4/c1-5-10-26-20(24)17-13(3)23-14(4)18(21(25)27-11-6-2)19(17)15-8-7-9-16(22)12-15/h5-9,12,17,19H,1-2,10-11H2,3-4H3/t17?,19-/m0/s1. The average molecular weight is 388 g/mol. The van der Waals surface area contributed by atoms with Crippen LogP contribution < -0.4 is 0 Å². The number of allylic oxidation sites excluding steroid dienone is 1. The van der Waals surface area contributed by atoms with E-state index in [9.17, 15) is 9.59 Å². The molecule has 142 valence electrons. The van der Waals surface area contributed by atoms with Crippen LogP contribution in [0.5, 0.6) is 0 Å². The molecular formula is C21H22ClNO4. The van der Waals surface area contributed by atoms with E-state index >= 15 is 0 Å². The number of carbonyl (C=O) groups excluding carboxylic acids is 2. The van der Waals surface area contributed by atoms with E-state index in [0.717, 1.165) is 0 Å². The van der Waals surface area contributed by atoms with Gasteiger partial charge in [-0.05, 0) is 31.5 Å². The third-order valence-electron chi connectivity index (χ3n) is 4.19. The molecule has 1 heterocycles. The van der Waals surface area contributed by atoms with Crippen molar-refractivity contribution in [3.8, 4) is 0 Å². The molecule has 0 spiro atoms. The van der Waals surface area contributed by atoms with Gasteiger partial charge < -0.3 is 9.47 Å². The van der Waals surface area contributed by atoms with Gasteiger partial charge in [0.1, 0.15) is 19.1 Å². The lowest BCUT2D eigenvalue weighted by atomic mass is 9.75. The van der Waals surface area contributed by atoms with Crippen LogP contribution in [0, 0.1) is 5.92 Å². The second-order valence-corrected chi connectivity index (χ2v) is 6.50. The molecule has 0 fully saturated rings. The molecule has 1 aromatic rings. The van der Waals surface area contributed by atoms with Crippen LogP contribution in [0.2, 0.25) is 5.02 Å². The fourth-order valence-electron chi connectivity index (χ4n) is 3.11. The largest absolute Gasteiger partial charge is 0.461 e. The molecule has 2 rings (SSSR count). The van der Waals surface area contributed by atoms with Crippen molar-refractivity contribution in [2.24, 2.45) is 10.9 Å². The van der Waals surface area contributed by atoms with Crippen LogP contribution in [0.15, 0.2) is 65.8 Å². The Morgan fingerprint density at radius 1 is 1.19 bits per heavy atom. The van der Waals surface area contributed by atoms with Gasteiger partial charge in [-0.3, -0.25) is 9.79 Å². The smallest absolute Gasteiger partial charge is 0.336 e. The molecule has 1 unspecified atom stereocenters. The van der Waals surface area contributed by atoms with Crippen molar-refractivity contribution in [2.75, 3.05) is 13.2 Å². The molecule has 0 aromatic heterocycles. The Morgan fingerprint density at radius 3 is 2.48 bits per heavy atom. The van der Waals surface area contributed by atoms with Crippen LogP contribution in [0.25, 0.3) is 0 Å². The summed E-state index contributed by atoms with van der Waals surface area (Å²) in [6, 6.07) is 7.04. The quantitative estimate of drug-likeness (QED) is 0.518. The van der Waals surface area contributed by atoms with Gasteiger partial charge in [-0.2, -0.15) is 0 Å². The molecule has 1 aromatic carbocycles. The van der Waals surface area contributed by atoms with Gasteiger partial charge in [0, 0.05) is 22.3 Å². The number of nitrogens with zero attached hydrogens (tertiary/aromatic N) is 1. The highest BCUT2D eigenvalue weighted by molar-refractivity contribution is 6.30. The molecule has 6 heteroatoms. The van der Waals surface area contributed by atoms with Gasteiger partial charge in [0.2, 0.25) is 0 Å². The molecule has 1 aliphatic rings. The maximum atomic E-state index is 12.8. The molecule has 0 N–H and O–H groups in total. The number of esters is 2. The summed E-state index contributed by atoms with van der Waals surface area (Å²) in [5.74, 6) is -2.41. The zero-order valence-electron chi connectivity index (χ0n) is 15.4. The molecule has 0 amide bonds. The monoisotopic (exact) mass is 387 g/mol. The molecule has 1 aliphatic heterocycles. The number of carbonyl (C=O) groups is 2. The van der Waals surface area contributed by atoms with Crippen molar-refractivity contribution in [2.45, 2.75) is 19.8 Å². The molecule has 5 nitrogen and oxygen atoms in total. The molecule has 0 bridgehead atoms. The summed E-state index contributed by atoms with van der Waals surface area (Å²) in [6.45, 7) is 10.7. The average Bonchev–Trinajstić information content (AvgIpc) is 2.63. The van der Waals surface area contributed by atoms with E-state index in [1.165, 1.54) is 12.2 Å². The number of hydrogen-bond donors (Lipinski definition) is 0. The number of rotatable bonds is 7. The van der Waals surface area contributed by atoms with Crippen molar-refractivity contribution < 1.29 is 19.1 Å². The molecule has 27 heavy (non-hydrogen) atoms. The maximum Gasteiger partial charge on any atom is 0.336 e. The molecule has 0 aliphatic carbocycles. The number of aliphatic imine (C=N–C) groups is 1. The molecule has 0 saturated heterocycles. The lowest BCUT2D eigenvalue weighted by molar-refractivity contribution is -0.145. The van der Waals surface area contributed by atoms with E-state index < -0.39 is 23.8 Å². The predicted molar refractivity (Wildman–Crippen MR) is 106 cm³/mol. The first-order valence-electron chi connectivity index (χ1n) is 8.47. The first kappa shape index (κ1) is 20.6. The summed E-state index contributed by atoms with van der Waals surface area (Å²) in [7, 11) is 0. The minimum atomic E-state index is -0.765. The Bertz CT molecular complexity index is 825. The van der Waals surface area contributed by atoms with Crippen LogP contribution in [0.3, 0.4) is 0 Å². The van der Waals surface area contributed by atoms with E-state index in [1.807, 2.05) is 6.07 Å². The highest BCUT2D eigenvalue weighted by Crippen LogP contribution is 2.40. The fourth-order valence-corrected chi connectivity index (χ4v) is 3.31. The fraction of sp³-hybridized carbons (Fsp3) is 0.286. The summed E-state index contributed by atoms with van der Waals surface area (Å²) in [4.78, 5) is 29.9. The first-order valence-corrected chi connectivity index (χ1v) is 8.85. The third-order valence-corrected chi connectivity index (χ3v) is 4.42. The lowest BCUT2D eigenvalue weighted by Gasteiger charge is -2.31. The van der Waals surface area contributed by atoms with Gasteiger partial charge >= 0.3 is 11.9 Å². The summed E-state index contributed by atoms with van der Waals surface area (Å²) in [6.07, 6.45) is 2.97. The predicted octanol–water partition coefficient (Wildman–Crippen LogP) is 4.25. The third kappa shape index (κ3) is 4.74. The van der Waals surface area contributed by atoms with Crippen LogP contribution in [-0.4, -0.2) is 30.9 Å². The minimum absolute atomic E-state index is 0.0617. The first-order chi connectivity index (χ1) is 12.9. The van der Waals surface area contributed by atoms with Crippen LogP contribution >= 0.6 is 11.6 Å². The van der Waals surface area contributed by atoms with E-state index in [-0.39, 0.29) is 13.2 Å². The van der Waals surface area contributed by atoms with E-state index in [0.29, 0.717) is 27.6 Å². The highest BCUT2D eigenvalue weighted by atomic mass is 35.5. The van der Waals surface area contributed by atoms with Crippen molar-refractivity contribution in [1.29, 1.82) is 0 Å². The number of ether oxygens (including phenoxy) is 2. The van der Waals surface area contributed by atoms with Gasteiger partial charge in [0.25, 0.3) is 0 Å². The van der Waals surface area contributed by atoms with Crippen molar-refractivity contribution in [3.05, 3.63) is 71.4 Å². The van der Waals surface area contributed by atoms with E-state index in [2.05, 4.69) is 18.2 Å². The van der Waals surface area contributed by atoms with Gasteiger partial charge in [-0.1, -0.05) is 49.0 Å². The summed E-state index contributed by atoms with van der Waals surface area (Å²) < 4.78 is 10.5.